The average Bonchev–Trinajstić information content (AvgIpc) is 3.25. The van der Waals surface area contributed by atoms with Gasteiger partial charge in [0, 0.05) is 25.6 Å². The summed E-state index contributed by atoms with van der Waals surface area (Å²) in [5.74, 6) is 0.110. The fourth-order valence-electron chi connectivity index (χ4n) is 4.44. The number of carbonyl (C=O) groups excluding carboxylic acids is 2. The molecule has 0 atom stereocenters. The van der Waals surface area contributed by atoms with E-state index in [0.29, 0.717) is 31.1 Å². The summed E-state index contributed by atoms with van der Waals surface area (Å²) in [6.07, 6.45) is 9.72. The number of hydrogen-bond acceptors (Lipinski definition) is 4. The fraction of sp³-hybridized carbons (Fsp3) is 0.545. The van der Waals surface area contributed by atoms with E-state index in [4.69, 9.17) is 0 Å². The van der Waals surface area contributed by atoms with Crippen molar-refractivity contribution in [2.24, 2.45) is 5.92 Å². The third-order valence-corrected chi connectivity index (χ3v) is 6.13. The monoisotopic (exact) mass is 413 g/mol. The predicted octanol–water partition coefficient (Wildman–Crippen LogP) is 3.10. The lowest BCUT2D eigenvalue weighted by Gasteiger charge is -2.32. The molecule has 0 bridgehead atoms. The van der Waals surface area contributed by atoms with Gasteiger partial charge in [-0.3, -0.25) is 9.59 Å². The molecule has 4 rings (SSSR count). The molecule has 1 aliphatic heterocycles. The molecule has 0 spiro atoms. The molecule has 2 fully saturated rings. The SMILES string of the molecule is O=C(CC1CCCCC1)NC1CCN(C(=O)c2cn(-c3cccc(F)c3)nn2)CC1. The Hall–Kier alpha value is -2.77. The number of amides is 2. The van der Waals surface area contributed by atoms with Gasteiger partial charge in [-0.2, -0.15) is 0 Å². The molecular weight excluding hydrogens is 385 g/mol. The fourth-order valence-corrected chi connectivity index (χ4v) is 4.44. The number of carbonyl (C=O) groups is 2. The third-order valence-electron chi connectivity index (χ3n) is 6.13. The van der Waals surface area contributed by atoms with Crippen molar-refractivity contribution >= 4 is 11.8 Å². The van der Waals surface area contributed by atoms with Crippen molar-refractivity contribution in [3.8, 4) is 5.69 Å². The quantitative estimate of drug-likeness (QED) is 0.817. The van der Waals surface area contributed by atoms with Gasteiger partial charge in [-0.1, -0.05) is 30.5 Å². The summed E-state index contributed by atoms with van der Waals surface area (Å²) in [6, 6.07) is 6.09. The van der Waals surface area contributed by atoms with E-state index in [-0.39, 0.29) is 29.4 Å². The zero-order valence-corrected chi connectivity index (χ0v) is 17.1. The summed E-state index contributed by atoms with van der Waals surface area (Å²) in [4.78, 5) is 26.8. The normalized spacial score (nSPS) is 18.4. The van der Waals surface area contributed by atoms with Crippen molar-refractivity contribution in [1.82, 2.24) is 25.2 Å². The average molecular weight is 413 g/mol. The highest BCUT2D eigenvalue weighted by Crippen LogP contribution is 2.26. The molecule has 30 heavy (non-hydrogen) atoms. The Bertz CT molecular complexity index is 885. The van der Waals surface area contributed by atoms with Crippen molar-refractivity contribution in [2.45, 2.75) is 57.4 Å². The second-order valence-electron chi connectivity index (χ2n) is 8.37. The van der Waals surface area contributed by atoms with Gasteiger partial charge in [0.05, 0.1) is 11.9 Å². The van der Waals surface area contributed by atoms with Crippen molar-refractivity contribution < 1.29 is 14.0 Å². The number of aromatic nitrogens is 3. The molecule has 2 aliphatic rings. The van der Waals surface area contributed by atoms with Crippen LogP contribution < -0.4 is 5.32 Å². The first-order valence-corrected chi connectivity index (χ1v) is 10.9. The second-order valence-corrected chi connectivity index (χ2v) is 8.37. The molecule has 1 aromatic carbocycles. The Morgan fingerprint density at radius 1 is 1.10 bits per heavy atom. The van der Waals surface area contributed by atoms with Gasteiger partial charge in [0.1, 0.15) is 5.82 Å². The molecule has 2 aromatic rings. The van der Waals surface area contributed by atoms with Crippen LogP contribution in [0.4, 0.5) is 4.39 Å². The van der Waals surface area contributed by atoms with E-state index >= 15 is 0 Å². The number of nitrogens with one attached hydrogen (secondary N) is 1. The highest BCUT2D eigenvalue weighted by atomic mass is 19.1. The Labute approximate surface area is 175 Å². The highest BCUT2D eigenvalue weighted by molar-refractivity contribution is 5.92. The minimum atomic E-state index is -0.372. The van der Waals surface area contributed by atoms with Crippen LogP contribution in [-0.2, 0) is 4.79 Å². The van der Waals surface area contributed by atoms with Gasteiger partial charge in [0.15, 0.2) is 5.69 Å². The molecule has 8 heteroatoms. The molecule has 1 aliphatic carbocycles. The van der Waals surface area contributed by atoms with Crippen LogP contribution in [0.5, 0.6) is 0 Å². The Balaban J connectivity index is 1.27. The van der Waals surface area contributed by atoms with Crippen LogP contribution in [-0.4, -0.2) is 50.8 Å². The van der Waals surface area contributed by atoms with Crippen LogP contribution >= 0.6 is 0 Å². The summed E-state index contributed by atoms with van der Waals surface area (Å²) in [7, 11) is 0. The molecule has 1 N–H and O–H groups in total. The summed E-state index contributed by atoms with van der Waals surface area (Å²) in [5.41, 5.74) is 0.750. The van der Waals surface area contributed by atoms with E-state index in [1.54, 1.807) is 17.0 Å². The lowest BCUT2D eigenvalue weighted by atomic mass is 9.86. The summed E-state index contributed by atoms with van der Waals surface area (Å²) in [6.45, 7) is 1.14. The van der Waals surface area contributed by atoms with Crippen LogP contribution in [0.15, 0.2) is 30.5 Å². The lowest BCUT2D eigenvalue weighted by Crippen LogP contribution is -2.46. The van der Waals surface area contributed by atoms with Crippen molar-refractivity contribution in [3.05, 3.63) is 42.0 Å². The van der Waals surface area contributed by atoms with Crippen molar-refractivity contribution in [3.63, 3.8) is 0 Å². The summed E-state index contributed by atoms with van der Waals surface area (Å²) in [5, 5.41) is 11.1. The second kappa shape index (κ2) is 9.36. The zero-order chi connectivity index (χ0) is 20.9. The number of rotatable bonds is 5. The summed E-state index contributed by atoms with van der Waals surface area (Å²) < 4.78 is 14.8. The highest BCUT2D eigenvalue weighted by Gasteiger charge is 2.27. The lowest BCUT2D eigenvalue weighted by molar-refractivity contribution is -0.123. The van der Waals surface area contributed by atoms with E-state index in [1.807, 2.05) is 0 Å². The maximum atomic E-state index is 13.4. The van der Waals surface area contributed by atoms with E-state index in [2.05, 4.69) is 15.6 Å². The van der Waals surface area contributed by atoms with E-state index in [9.17, 15) is 14.0 Å². The number of piperidine rings is 1. The van der Waals surface area contributed by atoms with Gasteiger partial charge in [-0.25, -0.2) is 9.07 Å². The van der Waals surface area contributed by atoms with Gasteiger partial charge in [0.2, 0.25) is 5.91 Å². The van der Waals surface area contributed by atoms with Gasteiger partial charge in [0.25, 0.3) is 5.91 Å². The first-order valence-electron chi connectivity index (χ1n) is 10.9. The largest absolute Gasteiger partial charge is 0.353 e. The van der Waals surface area contributed by atoms with Crippen LogP contribution in [0.2, 0.25) is 0 Å². The minimum absolute atomic E-state index is 0.119. The Morgan fingerprint density at radius 2 is 1.87 bits per heavy atom. The third kappa shape index (κ3) is 5.04. The molecule has 7 nitrogen and oxygen atoms in total. The number of hydrogen-bond donors (Lipinski definition) is 1. The van der Waals surface area contributed by atoms with Gasteiger partial charge in [-0.15, -0.1) is 5.10 Å². The van der Waals surface area contributed by atoms with Gasteiger partial charge in [-0.05, 0) is 49.8 Å². The molecule has 1 aromatic heterocycles. The molecule has 0 radical (unpaired) electrons. The predicted molar refractivity (Wildman–Crippen MR) is 110 cm³/mol. The van der Waals surface area contributed by atoms with Gasteiger partial charge < -0.3 is 10.2 Å². The van der Waals surface area contributed by atoms with Gasteiger partial charge >= 0.3 is 0 Å². The van der Waals surface area contributed by atoms with E-state index < -0.39 is 0 Å². The van der Waals surface area contributed by atoms with Crippen LogP contribution in [0.3, 0.4) is 0 Å². The van der Waals surface area contributed by atoms with E-state index in [0.717, 1.165) is 25.7 Å². The number of nitrogens with zero attached hydrogens (tertiary/aromatic N) is 4. The molecule has 2 heterocycles. The molecular formula is C22H28FN5O2. The van der Waals surface area contributed by atoms with Crippen LogP contribution in [0, 0.1) is 11.7 Å². The maximum Gasteiger partial charge on any atom is 0.276 e. The van der Waals surface area contributed by atoms with E-state index in [1.165, 1.54) is 42.3 Å². The topological polar surface area (TPSA) is 80.1 Å². The number of benzene rings is 1. The zero-order valence-electron chi connectivity index (χ0n) is 17.1. The standard InChI is InChI=1S/C22H28FN5O2/c23-17-7-4-8-19(14-17)28-15-20(25-26-28)22(30)27-11-9-18(10-12-27)24-21(29)13-16-5-2-1-3-6-16/h4,7-8,14-16,18H,1-3,5-6,9-13H2,(H,24,29). The maximum absolute atomic E-state index is 13.4. The smallest absolute Gasteiger partial charge is 0.276 e. The molecule has 0 unspecified atom stereocenters. The van der Waals surface area contributed by atoms with Crippen LogP contribution in [0.1, 0.15) is 61.9 Å². The Kier molecular flexibility index (Phi) is 6.40. The number of likely N-dealkylation sites (tertiary alicyclic amines) is 1. The minimum Gasteiger partial charge on any atom is -0.353 e. The first-order chi connectivity index (χ1) is 14.6. The molecule has 1 saturated carbocycles. The summed E-state index contributed by atoms with van der Waals surface area (Å²) >= 11 is 0. The number of halogens is 1. The Morgan fingerprint density at radius 3 is 2.60 bits per heavy atom. The first kappa shape index (κ1) is 20.5. The van der Waals surface area contributed by atoms with Crippen LogP contribution in [0.25, 0.3) is 5.69 Å². The van der Waals surface area contributed by atoms with Crippen molar-refractivity contribution in [2.75, 3.05) is 13.1 Å². The molecule has 1 saturated heterocycles. The molecule has 160 valence electrons. The van der Waals surface area contributed by atoms with Crippen molar-refractivity contribution in [1.29, 1.82) is 0 Å². The molecule has 2 amide bonds.